The Morgan fingerprint density at radius 2 is 2.00 bits per heavy atom. The monoisotopic (exact) mass is 168 g/mol. The van der Waals surface area contributed by atoms with E-state index in [0.717, 1.165) is 6.54 Å². The van der Waals surface area contributed by atoms with Gasteiger partial charge in [-0.15, -0.1) is 0 Å². The topological polar surface area (TPSA) is 6.48 Å². The van der Waals surface area contributed by atoms with Crippen LogP contribution in [0.2, 0.25) is 0 Å². The molecule has 70 valence electrons. The van der Waals surface area contributed by atoms with Gasteiger partial charge in [-0.3, -0.25) is 4.90 Å². The van der Waals surface area contributed by atoms with E-state index in [1.807, 2.05) is 0 Å². The van der Waals surface area contributed by atoms with Crippen LogP contribution < -0.4 is 0 Å². The highest BCUT2D eigenvalue weighted by molar-refractivity contribution is 5.18. The van der Waals surface area contributed by atoms with Gasteiger partial charge < -0.3 is 4.90 Å². The summed E-state index contributed by atoms with van der Waals surface area (Å²) in [6, 6.07) is 0. The van der Waals surface area contributed by atoms with Crippen LogP contribution in [0, 0.1) is 0 Å². The predicted molar refractivity (Wildman–Crippen MR) is 52.8 cm³/mol. The van der Waals surface area contributed by atoms with E-state index in [4.69, 9.17) is 0 Å². The van der Waals surface area contributed by atoms with Crippen LogP contribution in [0.15, 0.2) is 12.3 Å². The number of likely N-dealkylation sites (N-methyl/N-ethyl adjacent to an activating group) is 2. The van der Waals surface area contributed by atoms with Crippen molar-refractivity contribution in [1.29, 1.82) is 0 Å². The summed E-state index contributed by atoms with van der Waals surface area (Å²) in [5.41, 5.74) is 1.35. The van der Waals surface area contributed by atoms with E-state index in [9.17, 15) is 0 Å². The molecular formula is C10H20N2. The molecule has 1 aliphatic rings. The normalized spacial score (nSPS) is 29.9. The van der Waals surface area contributed by atoms with E-state index < -0.39 is 0 Å². The van der Waals surface area contributed by atoms with E-state index >= 15 is 0 Å². The van der Waals surface area contributed by atoms with Gasteiger partial charge in [-0.25, -0.2) is 0 Å². The second-order valence-electron chi connectivity index (χ2n) is 4.03. The molecule has 12 heavy (non-hydrogen) atoms. The van der Waals surface area contributed by atoms with Gasteiger partial charge in [0.1, 0.15) is 0 Å². The molecule has 1 rings (SSSR count). The van der Waals surface area contributed by atoms with Crippen LogP contribution in [-0.2, 0) is 0 Å². The molecule has 0 amide bonds. The molecular weight excluding hydrogens is 148 g/mol. The largest absolute Gasteiger partial charge is 0.361 e. The van der Waals surface area contributed by atoms with Gasteiger partial charge >= 0.3 is 0 Å². The van der Waals surface area contributed by atoms with Crippen molar-refractivity contribution in [1.82, 2.24) is 9.80 Å². The molecule has 0 aliphatic carbocycles. The summed E-state index contributed by atoms with van der Waals surface area (Å²) in [4.78, 5) is 4.71. The molecule has 0 N–H and O–H groups in total. The van der Waals surface area contributed by atoms with E-state index in [2.05, 4.69) is 51.1 Å². The third kappa shape index (κ3) is 1.06. The zero-order valence-corrected chi connectivity index (χ0v) is 8.89. The van der Waals surface area contributed by atoms with Crippen molar-refractivity contribution in [3.05, 3.63) is 12.3 Å². The molecule has 1 heterocycles. The first kappa shape index (κ1) is 9.59. The van der Waals surface area contributed by atoms with E-state index in [0.29, 0.717) is 6.17 Å². The van der Waals surface area contributed by atoms with E-state index in [-0.39, 0.29) is 5.54 Å². The average Bonchev–Trinajstić information content (AvgIpc) is 2.13. The first-order valence-electron chi connectivity index (χ1n) is 4.62. The van der Waals surface area contributed by atoms with Crippen molar-refractivity contribution < 1.29 is 0 Å². The zero-order chi connectivity index (χ0) is 9.52. The van der Waals surface area contributed by atoms with Crippen LogP contribution in [0.1, 0.15) is 27.7 Å². The van der Waals surface area contributed by atoms with Gasteiger partial charge in [-0.2, -0.15) is 0 Å². The lowest BCUT2D eigenvalue weighted by Crippen LogP contribution is -2.42. The highest BCUT2D eigenvalue weighted by Crippen LogP contribution is 2.35. The molecule has 1 saturated heterocycles. The van der Waals surface area contributed by atoms with Crippen LogP contribution in [0.3, 0.4) is 0 Å². The Kier molecular flexibility index (Phi) is 2.21. The minimum atomic E-state index is 0.128. The smallest absolute Gasteiger partial charge is 0.0793 e. The molecule has 0 bridgehead atoms. The maximum atomic E-state index is 4.12. The Labute approximate surface area is 75.8 Å². The quantitative estimate of drug-likeness (QED) is 0.590. The highest BCUT2D eigenvalue weighted by atomic mass is 15.4. The Morgan fingerprint density at radius 3 is 2.17 bits per heavy atom. The molecule has 2 heteroatoms. The molecule has 1 unspecified atom stereocenters. The summed E-state index contributed by atoms with van der Waals surface area (Å²) in [6.45, 7) is 14.1. The number of nitrogens with zero attached hydrogens (tertiary/aromatic N) is 2. The maximum absolute atomic E-state index is 4.12. The van der Waals surface area contributed by atoms with Crippen LogP contribution in [-0.4, -0.2) is 35.1 Å². The van der Waals surface area contributed by atoms with Crippen molar-refractivity contribution in [2.24, 2.45) is 0 Å². The minimum absolute atomic E-state index is 0.128. The van der Waals surface area contributed by atoms with E-state index in [1.165, 1.54) is 5.70 Å². The SMILES string of the molecule is C=C1N(C)C(C)N(CC)C1(C)C. The molecule has 0 aromatic carbocycles. The van der Waals surface area contributed by atoms with Gasteiger partial charge in [0.25, 0.3) is 0 Å². The summed E-state index contributed by atoms with van der Waals surface area (Å²) in [5.74, 6) is 0. The predicted octanol–water partition coefficient (Wildman–Crippen LogP) is 1.89. The van der Waals surface area contributed by atoms with Crippen LogP contribution in [0.25, 0.3) is 0 Å². The average molecular weight is 168 g/mol. The zero-order valence-electron chi connectivity index (χ0n) is 8.89. The fraction of sp³-hybridized carbons (Fsp3) is 0.800. The Bertz CT molecular complexity index is 196. The van der Waals surface area contributed by atoms with Crippen molar-refractivity contribution in [3.63, 3.8) is 0 Å². The van der Waals surface area contributed by atoms with Gasteiger partial charge in [0.2, 0.25) is 0 Å². The van der Waals surface area contributed by atoms with Crippen molar-refractivity contribution in [3.8, 4) is 0 Å². The molecule has 1 atom stereocenters. The third-order valence-electron chi connectivity index (χ3n) is 3.20. The van der Waals surface area contributed by atoms with Gasteiger partial charge in [0.05, 0.1) is 11.7 Å². The molecule has 2 nitrogen and oxygen atoms in total. The lowest BCUT2D eigenvalue weighted by atomic mass is 10.0. The fourth-order valence-corrected chi connectivity index (χ4v) is 2.16. The summed E-state index contributed by atoms with van der Waals surface area (Å²) < 4.78 is 0. The minimum Gasteiger partial charge on any atom is -0.361 e. The molecule has 0 radical (unpaired) electrons. The summed E-state index contributed by atoms with van der Waals surface area (Å²) >= 11 is 0. The van der Waals surface area contributed by atoms with E-state index in [1.54, 1.807) is 0 Å². The molecule has 0 saturated carbocycles. The van der Waals surface area contributed by atoms with Crippen LogP contribution in [0.4, 0.5) is 0 Å². The van der Waals surface area contributed by atoms with Crippen LogP contribution in [0.5, 0.6) is 0 Å². The number of hydrogen-bond acceptors (Lipinski definition) is 2. The molecule has 0 spiro atoms. The second kappa shape index (κ2) is 2.77. The Morgan fingerprint density at radius 1 is 1.50 bits per heavy atom. The van der Waals surface area contributed by atoms with Gasteiger partial charge in [-0.05, 0) is 27.3 Å². The second-order valence-corrected chi connectivity index (χ2v) is 4.03. The van der Waals surface area contributed by atoms with Crippen LogP contribution >= 0.6 is 0 Å². The first-order chi connectivity index (χ1) is 5.42. The Hall–Kier alpha value is -0.500. The molecule has 0 aromatic rings. The molecule has 1 fully saturated rings. The lowest BCUT2D eigenvalue weighted by molar-refractivity contribution is 0.125. The van der Waals surface area contributed by atoms with Gasteiger partial charge in [0.15, 0.2) is 0 Å². The fourth-order valence-electron chi connectivity index (χ4n) is 2.16. The summed E-state index contributed by atoms with van der Waals surface area (Å²) in [5, 5.41) is 0. The van der Waals surface area contributed by atoms with Gasteiger partial charge in [0, 0.05) is 12.7 Å². The molecule has 1 aliphatic heterocycles. The summed E-state index contributed by atoms with van der Waals surface area (Å²) in [7, 11) is 2.12. The third-order valence-corrected chi connectivity index (χ3v) is 3.20. The number of rotatable bonds is 1. The van der Waals surface area contributed by atoms with Gasteiger partial charge in [-0.1, -0.05) is 13.5 Å². The Balaban J connectivity index is 2.96. The highest BCUT2D eigenvalue weighted by Gasteiger charge is 2.42. The maximum Gasteiger partial charge on any atom is 0.0793 e. The number of hydrogen-bond donors (Lipinski definition) is 0. The summed E-state index contributed by atoms with van der Waals surface area (Å²) in [6.07, 6.45) is 0.484. The lowest BCUT2D eigenvalue weighted by Gasteiger charge is -2.31. The standard InChI is InChI=1S/C10H20N2/c1-7-12-9(3)11(6)8(2)10(12,4)5/h9H,2,7H2,1,3-6H3. The van der Waals surface area contributed by atoms with Crippen molar-refractivity contribution >= 4 is 0 Å². The van der Waals surface area contributed by atoms with Crippen molar-refractivity contribution in [2.75, 3.05) is 13.6 Å². The first-order valence-corrected chi connectivity index (χ1v) is 4.62. The molecule has 0 aromatic heterocycles. The van der Waals surface area contributed by atoms with Crippen molar-refractivity contribution in [2.45, 2.75) is 39.4 Å².